The van der Waals surface area contributed by atoms with Gasteiger partial charge in [0.25, 0.3) is 0 Å². The van der Waals surface area contributed by atoms with Crippen LogP contribution >= 0.6 is 12.2 Å². The van der Waals surface area contributed by atoms with Gasteiger partial charge in [0, 0.05) is 13.1 Å². The van der Waals surface area contributed by atoms with E-state index in [1.807, 2.05) is 4.57 Å². The lowest BCUT2D eigenvalue weighted by Gasteiger charge is -2.03. The fourth-order valence-electron chi connectivity index (χ4n) is 0.915. The van der Waals surface area contributed by atoms with Crippen LogP contribution in [0.4, 0.5) is 5.95 Å². The number of H-pyrrole nitrogens is 1. The molecular formula is C8H12N4S. The number of hydrogen-bond acceptors (Lipinski definition) is 3. The molecule has 13 heavy (non-hydrogen) atoms. The summed E-state index contributed by atoms with van der Waals surface area (Å²) in [5, 5.41) is 9.77. The average molecular weight is 196 g/mol. The van der Waals surface area contributed by atoms with Gasteiger partial charge in [0.15, 0.2) is 4.77 Å². The minimum Gasteiger partial charge on any atom is -0.351 e. The lowest BCUT2D eigenvalue weighted by atomic mass is 10.6. The predicted octanol–water partition coefficient (Wildman–Crippen LogP) is 1.72. The van der Waals surface area contributed by atoms with Crippen molar-refractivity contribution in [3.63, 3.8) is 0 Å². The number of nitrogens with one attached hydrogen (secondary N) is 2. The maximum Gasteiger partial charge on any atom is 0.223 e. The molecule has 0 aliphatic heterocycles. The lowest BCUT2D eigenvalue weighted by molar-refractivity contribution is 0.809. The van der Waals surface area contributed by atoms with Gasteiger partial charge < -0.3 is 5.32 Å². The maximum absolute atomic E-state index is 5.02. The zero-order valence-electron chi connectivity index (χ0n) is 7.29. The van der Waals surface area contributed by atoms with Crippen molar-refractivity contribution in [2.75, 3.05) is 11.9 Å². The third-order valence-corrected chi connectivity index (χ3v) is 1.79. The first kappa shape index (κ1) is 9.73. The average Bonchev–Trinajstić information content (AvgIpc) is 2.46. The Morgan fingerprint density at radius 2 is 2.31 bits per heavy atom. The molecule has 0 aromatic carbocycles. The first-order valence-electron chi connectivity index (χ1n) is 3.90. The monoisotopic (exact) mass is 196 g/mol. The Kier molecular flexibility index (Phi) is 3.45. The molecule has 1 heterocycles. The van der Waals surface area contributed by atoms with Crippen LogP contribution in [-0.2, 0) is 6.54 Å². The SMILES string of the molecule is C=CCNc1n[nH]c(=S)n1CC=C. The second-order valence-corrected chi connectivity index (χ2v) is 2.81. The standard InChI is InChI=1S/C8H12N4S/c1-3-5-9-7-10-11-8(13)12(7)6-4-2/h3-4H,1-2,5-6H2,(H,9,10)(H,11,13). The quantitative estimate of drug-likeness (QED) is 0.557. The molecule has 0 saturated heterocycles. The van der Waals surface area contributed by atoms with E-state index in [-0.39, 0.29) is 0 Å². The second kappa shape index (κ2) is 4.61. The normalized spacial score (nSPS) is 9.54. The molecule has 2 N–H and O–H groups in total. The molecule has 0 fully saturated rings. The van der Waals surface area contributed by atoms with E-state index >= 15 is 0 Å². The van der Waals surface area contributed by atoms with E-state index in [2.05, 4.69) is 28.7 Å². The van der Waals surface area contributed by atoms with E-state index in [1.165, 1.54) is 0 Å². The summed E-state index contributed by atoms with van der Waals surface area (Å²) >= 11 is 5.02. The van der Waals surface area contributed by atoms with Crippen LogP contribution in [0.1, 0.15) is 0 Å². The smallest absolute Gasteiger partial charge is 0.223 e. The van der Waals surface area contributed by atoms with Gasteiger partial charge in [-0.05, 0) is 12.2 Å². The molecule has 70 valence electrons. The molecule has 0 aliphatic carbocycles. The van der Waals surface area contributed by atoms with Crippen LogP contribution in [-0.4, -0.2) is 21.3 Å². The fraction of sp³-hybridized carbons (Fsp3) is 0.250. The number of anilines is 1. The van der Waals surface area contributed by atoms with Gasteiger partial charge in [-0.3, -0.25) is 4.57 Å². The molecule has 4 nitrogen and oxygen atoms in total. The number of rotatable bonds is 5. The Morgan fingerprint density at radius 1 is 1.54 bits per heavy atom. The van der Waals surface area contributed by atoms with Crippen LogP contribution in [0.2, 0.25) is 0 Å². The van der Waals surface area contributed by atoms with Crippen LogP contribution in [0.15, 0.2) is 25.3 Å². The van der Waals surface area contributed by atoms with Gasteiger partial charge in [0.2, 0.25) is 5.95 Å². The van der Waals surface area contributed by atoms with Crippen LogP contribution in [0.3, 0.4) is 0 Å². The van der Waals surface area contributed by atoms with Gasteiger partial charge >= 0.3 is 0 Å². The highest BCUT2D eigenvalue weighted by Gasteiger charge is 2.01. The molecule has 0 spiro atoms. The Labute approximate surface area is 82.0 Å². The largest absolute Gasteiger partial charge is 0.351 e. The van der Waals surface area contributed by atoms with Crippen molar-refractivity contribution in [1.82, 2.24) is 14.8 Å². The highest BCUT2D eigenvalue weighted by atomic mass is 32.1. The molecule has 0 atom stereocenters. The van der Waals surface area contributed by atoms with Crippen LogP contribution in [0.25, 0.3) is 0 Å². The van der Waals surface area contributed by atoms with Gasteiger partial charge in [-0.2, -0.15) is 0 Å². The van der Waals surface area contributed by atoms with E-state index < -0.39 is 0 Å². The van der Waals surface area contributed by atoms with Gasteiger partial charge in [-0.15, -0.1) is 18.3 Å². The van der Waals surface area contributed by atoms with Gasteiger partial charge in [-0.25, -0.2) is 5.10 Å². The van der Waals surface area contributed by atoms with Crippen LogP contribution in [0.5, 0.6) is 0 Å². The van der Waals surface area contributed by atoms with E-state index in [0.717, 1.165) is 0 Å². The Morgan fingerprint density at radius 3 is 2.92 bits per heavy atom. The Bertz CT molecular complexity index is 349. The summed E-state index contributed by atoms with van der Waals surface area (Å²) < 4.78 is 2.41. The predicted molar refractivity (Wildman–Crippen MR) is 56.3 cm³/mol. The first-order valence-corrected chi connectivity index (χ1v) is 4.31. The van der Waals surface area contributed by atoms with Gasteiger partial charge in [0.1, 0.15) is 0 Å². The third kappa shape index (κ3) is 2.29. The highest BCUT2D eigenvalue weighted by molar-refractivity contribution is 7.71. The molecule has 0 radical (unpaired) electrons. The zero-order chi connectivity index (χ0) is 9.68. The summed E-state index contributed by atoms with van der Waals surface area (Å²) in [6.07, 6.45) is 3.53. The zero-order valence-corrected chi connectivity index (χ0v) is 8.10. The van der Waals surface area contributed by atoms with Crippen LogP contribution < -0.4 is 5.32 Å². The molecule has 1 rings (SSSR count). The van der Waals surface area contributed by atoms with E-state index in [1.54, 1.807) is 12.2 Å². The Hall–Kier alpha value is -1.36. The molecule has 5 heteroatoms. The summed E-state index contributed by atoms with van der Waals surface area (Å²) in [5.74, 6) is 0.713. The number of allylic oxidation sites excluding steroid dienone is 1. The van der Waals surface area contributed by atoms with Crippen molar-refractivity contribution in [3.8, 4) is 0 Å². The molecule has 0 bridgehead atoms. The summed E-state index contributed by atoms with van der Waals surface area (Å²) in [5.41, 5.74) is 0. The second-order valence-electron chi connectivity index (χ2n) is 2.42. The number of nitrogens with zero attached hydrogens (tertiary/aromatic N) is 2. The highest BCUT2D eigenvalue weighted by Crippen LogP contribution is 2.03. The maximum atomic E-state index is 5.02. The molecular weight excluding hydrogens is 184 g/mol. The van der Waals surface area contributed by atoms with Gasteiger partial charge in [0.05, 0.1) is 0 Å². The third-order valence-electron chi connectivity index (χ3n) is 1.47. The van der Waals surface area contributed by atoms with E-state index in [4.69, 9.17) is 12.2 Å². The van der Waals surface area contributed by atoms with E-state index in [0.29, 0.717) is 23.8 Å². The minimum atomic E-state index is 0.589. The minimum absolute atomic E-state index is 0.589. The van der Waals surface area contributed by atoms with E-state index in [9.17, 15) is 0 Å². The van der Waals surface area contributed by atoms with Crippen molar-refractivity contribution in [1.29, 1.82) is 0 Å². The molecule has 1 aromatic heterocycles. The summed E-state index contributed by atoms with van der Waals surface area (Å²) in [7, 11) is 0. The van der Waals surface area contributed by atoms with Crippen molar-refractivity contribution in [3.05, 3.63) is 30.1 Å². The van der Waals surface area contributed by atoms with Crippen molar-refractivity contribution >= 4 is 18.2 Å². The topological polar surface area (TPSA) is 45.6 Å². The summed E-state index contributed by atoms with van der Waals surface area (Å²) in [6.45, 7) is 8.55. The number of aromatic amines is 1. The first-order chi connectivity index (χ1) is 6.29. The number of aromatic nitrogens is 3. The number of hydrogen-bond donors (Lipinski definition) is 2. The fourth-order valence-corrected chi connectivity index (χ4v) is 1.12. The van der Waals surface area contributed by atoms with Gasteiger partial charge in [-0.1, -0.05) is 12.2 Å². The lowest BCUT2D eigenvalue weighted by Crippen LogP contribution is -2.06. The molecule has 0 amide bonds. The van der Waals surface area contributed by atoms with Crippen molar-refractivity contribution in [2.24, 2.45) is 0 Å². The van der Waals surface area contributed by atoms with Crippen molar-refractivity contribution in [2.45, 2.75) is 6.54 Å². The molecule has 0 saturated carbocycles. The molecule has 1 aromatic rings. The molecule has 0 aliphatic rings. The molecule has 0 unspecified atom stereocenters. The summed E-state index contributed by atoms with van der Waals surface area (Å²) in [6, 6.07) is 0. The summed E-state index contributed by atoms with van der Waals surface area (Å²) in [4.78, 5) is 0. The van der Waals surface area contributed by atoms with Crippen molar-refractivity contribution < 1.29 is 0 Å². The van der Waals surface area contributed by atoms with Crippen LogP contribution in [0, 0.1) is 4.77 Å². The Balaban J connectivity index is 2.86.